The average molecular weight is 443 g/mol. The van der Waals surface area contributed by atoms with Gasteiger partial charge in [-0.3, -0.25) is 4.79 Å². The van der Waals surface area contributed by atoms with Gasteiger partial charge in [0.1, 0.15) is 5.82 Å². The fraction of sp³-hybridized carbons (Fsp3) is 0.364. The Bertz CT molecular complexity index is 1040. The van der Waals surface area contributed by atoms with E-state index in [0.29, 0.717) is 17.4 Å². The number of carbonyl (C=O) groups excluding carboxylic acids is 2. The molecular weight excluding hydrogens is 419 g/mol. The second-order valence-corrected chi connectivity index (χ2v) is 8.67. The van der Waals surface area contributed by atoms with E-state index < -0.39 is 5.97 Å². The topological polar surface area (TPSA) is 86.1 Å². The van der Waals surface area contributed by atoms with Crippen molar-refractivity contribution in [1.82, 2.24) is 20.1 Å². The van der Waals surface area contributed by atoms with E-state index in [9.17, 15) is 14.0 Å². The molecule has 4 rings (SSSR count). The summed E-state index contributed by atoms with van der Waals surface area (Å²) in [5.41, 5.74) is 0.556. The molecule has 2 aromatic heterocycles. The van der Waals surface area contributed by atoms with Crippen molar-refractivity contribution in [2.75, 3.05) is 6.61 Å². The number of esters is 1. The number of nitrogens with one attached hydrogen (secondary N) is 1. The van der Waals surface area contributed by atoms with E-state index in [1.165, 1.54) is 28.2 Å². The molecule has 3 aromatic rings. The number of amides is 1. The monoisotopic (exact) mass is 442 g/mol. The quantitative estimate of drug-likeness (QED) is 0.584. The number of hydrogen-bond acceptors (Lipinski definition) is 6. The van der Waals surface area contributed by atoms with E-state index in [2.05, 4.69) is 22.3 Å². The molecule has 0 aliphatic heterocycles. The third-order valence-corrected chi connectivity index (χ3v) is 6.18. The van der Waals surface area contributed by atoms with Gasteiger partial charge >= 0.3 is 5.97 Å². The molecule has 7 nitrogen and oxygen atoms in total. The van der Waals surface area contributed by atoms with Crippen molar-refractivity contribution < 1.29 is 18.7 Å². The van der Waals surface area contributed by atoms with Crippen LogP contribution in [0.5, 0.6) is 0 Å². The summed E-state index contributed by atoms with van der Waals surface area (Å²) in [6.45, 7) is 1.83. The zero-order valence-electron chi connectivity index (χ0n) is 17.1. The standard InChI is InChI=1S/C22H23FN4O3S/c1-14-4-8-16(9-5-14)24-19(28)13-30-22(29)20-25-21(18-3-2-12-31-18)27(26-20)17-10-6-15(23)7-11-17/h2-3,6-7,10-12,14,16H,4-5,8-9,13H2,1H3,(H,24,28). The van der Waals surface area contributed by atoms with Crippen molar-refractivity contribution in [2.24, 2.45) is 5.92 Å². The molecule has 0 bridgehead atoms. The maximum Gasteiger partial charge on any atom is 0.378 e. The molecule has 1 N–H and O–H groups in total. The molecule has 31 heavy (non-hydrogen) atoms. The highest BCUT2D eigenvalue weighted by Crippen LogP contribution is 2.26. The zero-order chi connectivity index (χ0) is 21.8. The first-order chi connectivity index (χ1) is 15.0. The minimum atomic E-state index is -0.786. The first kappa shape index (κ1) is 21.2. The summed E-state index contributed by atoms with van der Waals surface area (Å²) >= 11 is 1.44. The van der Waals surface area contributed by atoms with Gasteiger partial charge in [-0.2, -0.15) is 4.98 Å². The lowest BCUT2D eigenvalue weighted by atomic mass is 9.87. The molecule has 1 aromatic carbocycles. The van der Waals surface area contributed by atoms with Gasteiger partial charge in [-0.25, -0.2) is 13.9 Å². The molecule has 1 aliphatic rings. The first-order valence-corrected chi connectivity index (χ1v) is 11.1. The van der Waals surface area contributed by atoms with Crippen LogP contribution in [0.4, 0.5) is 4.39 Å². The summed E-state index contributed by atoms with van der Waals surface area (Å²) in [5.74, 6) is -0.526. The number of benzene rings is 1. The summed E-state index contributed by atoms with van der Waals surface area (Å²) in [5, 5.41) is 9.05. The molecule has 2 heterocycles. The highest BCUT2D eigenvalue weighted by Gasteiger charge is 2.23. The van der Waals surface area contributed by atoms with E-state index in [-0.39, 0.29) is 30.2 Å². The van der Waals surface area contributed by atoms with E-state index >= 15 is 0 Å². The average Bonchev–Trinajstić information content (AvgIpc) is 3.44. The summed E-state index contributed by atoms with van der Waals surface area (Å²) in [7, 11) is 0. The van der Waals surface area contributed by atoms with E-state index in [0.717, 1.165) is 30.6 Å². The Labute approximate surface area is 183 Å². The van der Waals surface area contributed by atoms with Crippen molar-refractivity contribution in [3.05, 3.63) is 53.4 Å². The Morgan fingerprint density at radius 3 is 2.61 bits per heavy atom. The second-order valence-electron chi connectivity index (χ2n) is 7.72. The zero-order valence-corrected chi connectivity index (χ0v) is 17.9. The van der Waals surface area contributed by atoms with Gasteiger partial charge in [0.05, 0.1) is 10.6 Å². The van der Waals surface area contributed by atoms with Gasteiger partial charge in [0, 0.05) is 6.04 Å². The number of ether oxygens (including phenoxy) is 1. The van der Waals surface area contributed by atoms with Gasteiger partial charge in [-0.15, -0.1) is 16.4 Å². The van der Waals surface area contributed by atoms with Crippen LogP contribution in [0.2, 0.25) is 0 Å². The lowest BCUT2D eigenvalue weighted by Gasteiger charge is -2.26. The Morgan fingerprint density at radius 2 is 1.94 bits per heavy atom. The predicted molar refractivity (Wildman–Crippen MR) is 114 cm³/mol. The summed E-state index contributed by atoms with van der Waals surface area (Å²) in [6.07, 6.45) is 4.05. The van der Waals surface area contributed by atoms with Gasteiger partial charge in [0.15, 0.2) is 12.4 Å². The van der Waals surface area contributed by atoms with Crippen molar-refractivity contribution in [1.29, 1.82) is 0 Å². The molecular formula is C22H23FN4O3S. The number of nitrogens with zero attached hydrogens (tertiary/aromatic N) is 3. The van der Waals surface area contributed by atoms with E-state index in [4.69, 9.17) is 4.74 Å². The third-order valence-electron chi connectivity index (χ3n) is 5.32. The van der Waals surface area contributed by atoms with Crippen LogP contribution < -0.4 is 5.32 Å². The molecule has 0 unspecified atom stereocenters. The van der Waals surface area contributed by atoms with Gasteiger partial charge in [0.25, 0.3) is 11.7 Å². The van der Waals surface area contributed by atoms with Crippen LogP contribution in [0.15, 0.2) is 41.8 Å². The molecule has 1 aliphatic carbocycles. The van der Waals surface area contributed by atoms with Crippen molar-refractivity contribution in [3.8, 4) is 16.4 Å². The summed E-state index contributed by atoms with van der Waals surface area (Å²) < 4.78 is 19.9. The second kappa shape index (κ2) is 9.38. The molecule has 0 atom stereocenters. The van der Waals surface area contributed by atoms with Gasteiger partial charge in [-0.05, 0) is 67.3 Å². The van der Waals surface area contributed by atoms with Crippen molar-refractivity contribution in [3.63, 3.8) is 0 Å². The first-order valence-electron chi connectivity index (χ1n) is 10.2. The van der Waals surface area contributed by atoms with Crippen LogP contribution in [-0.2, 0) is 9.53 Å². The van der Waals surface area contributed by atoms with Crippen LogP contribution >= 0.6 is 11.3 Å². The Morgan fingerprint density at radius 1 is 1.19 bits per heavy atom. The van der Waals surface area contributed by atoms with E-state index in [1.54, 1.807) is 12.1 Å². The minimum Gasteiger partial charge on any atom is -0.450 e. The fourth-order valence-corrected chi connectivity index (χ4v) is 4.29. The minimum absolute atomic E-state index is 0.128. The predicted octanol–water partition coefficient (Wildman–Crippen LogP) is 3.99. The van der Waals surface area contributed by atoms with E-state index in [1.807, 2.05) is 17.5 Å². The molecule has 0 spiro atoms. The number of hydrogen-bond donors (Lipinski definition) is 1. The van der Waals surface area contributed by atoms with Gasteiger partial charge < -0.3 is 10.1 Å². The largest absolute Gasteiger partial charge is 0.450 e. The molecule has 1 amide bonds. The van der Waals surface area contributed by atoms with Crippen molar-refractivity contribution >= 4 is 23.2 Å². The molecule has 0 radical (unpaired) electrons. The third kappa shape index (κ3) is 5.16. The number of thiophene rings is 1. The van der Waals surface area contributed by atoms with Crippen LogP contribution in [0.1, 0.15) is 43.2 Å². The Kier molecular flexibility index (Phi) is 6.41. The maximum atomic E-state index is 13.3. The SMILES string of the molecule is CC1CCC(NC(=O)COC(=O)c2nc(-c3cccs3)n(-c3ccc(F)cc3)n2)CC1. The highest BCUT2D eigenvalue weighted by molar-refractivity contribution is 7.13. The maximum absolute atomic E-state index is 13.3. The van der Waals surface area contributed by atoms with Crippen LogP contribution in [0.3, 0.4) is 0 Å². The Hall–Kier alpha value is -3.07. The lowest BCUT2D eigenvalue weighted by Crippen LogP contribution is -2.39. The number of carbonyl (C=O) groups is 2. The van der Waals surface area contributed by atoms with Gasteiger partial charge in [0.2, 0.25) is 0 Å². The van der Waals surface area contributed by atoms with Crippen LogP contribution in [0, 0.1) is 11.7 Å². The molecule has 0 saturated heterocycles. The molecule has 1 saturated carbocycles. The lowest BCUT2D eigenvalue weighted by molar-refractivity contribution is -0.125. The molecule has 1 fully saturated rings. The van der Waals surface area contributed by atoms with Crippen molar-refractivity contribution in [2.45, 2.75) is 38.6 Å². The number of rotatable bonds is 6. The summed E-state index contributed by atoms with van der Waals surface area (Å²) in [6, 6.07) is 9.56. The van der Waals surface area contributed by atoms with Crippen LogP contribution in [-0.4, -0.2) is 39.3 Å². The number of halogens is 1. The van der Waals surface area contributed by atoms with Crippen LogP contribution in [0.25, 0.3) is 16.4 Å². The smallest absolute Gasteiger partial charge is 0.378 e. The molecule has 9 heteroatoms. The normalized spacial score (nSPS) is 18.5. The fourth-order valence-electron chi connectivity index (χ4n) is 3.60. The molecule has 162 valence electrons. The Balaban J connectivity index is 1.45. The summed E-state index contributed by atoms with van der Waals surface area (Å²) in [4.78, 5) is 29.8. The van der Waals surface area contributed by atoms with Gasteiger partial charge in [-0.1, -0.05) is 13.0 Å². The number of aromatic nitrogens is 3. The highest BCUT2D eigenvalue weighted by atomic mass is 32.1.